The zero-order chi connectivity index (χ0) is 23.1. The Hall–Kier alpha value is -3.04. The number of benzene rings is 1. The maximum absolute atomic E-state index is 12.4. The van der Waals surface area contributed by atoms with Crippen molar-refractivity contribution in [2.75, 3.05) is 0 Å². The van der Waals surface area contributed by atoms with E-state index in [1.54, 1.807) is 12.3 Å². The summed E-state index contributed by atoms with van der Waals surface area (Å²) in [5.74, 6) is 1.07. The molecule has 0 unspecified atom stereocenters. The number of halogens is 1. The number of nitrogens with zero attached hydrogens (tertiary/aromatic N) is 6. The molecule has 0 radical (unpaired) electrons. The molecule has 4 aromatic heterocycles. The van der Waals surface area contributed by atoms with Gasteiger partial charge in [-0.3, -0.25) is 9.20 Å². The van der Waals surface area contributed by atoms with E-state index in [1.165, 1.54) is 27.3 Å². The fourth-order valence-electron chi connectivity index (χ4n) is 3.84. The number of hydrogen-bond acceptors (Lipinski definition) is 6. The number of pyridine rings is 1. The lowest BCUT2D eigenvalue weighted by molar-refractivity contribution is 0.823. The van der Waals surface area contributed by atoms with E-state index in [0.717, 1.165) is 27.8 Å². The van der Waals surface area contributed by atoms with E-state index in [1.807, 2.05) is 23.6 Å². The molecule has 0 bridgehead atoms. The summed E-state index contributed by atoms with van der Waals surface area (Å²) >= 11 is 4.83. The summed E-state index contributed by atoms with van der Waals surface area (Å²) in [7, 11) is 0. The first kappa shape index (κ1) is 21.8. The Morgan fingerprint density at radius 1 is 1.03 bits per heavy atom. The van der Waals surface area contributed by atoms with Gasteiger partial charge in [-0.15, -0.1) is 5.10 Å². The van der Waals surface area contributed by atoms with Crippen LogP contribution in [0.5, 0.6) is 0 Å². The molecule has 0 saturated heterocycles. The van der Waals surface area contributed by atoms with Gasteiger partial charge in [0.15, 0.2) is 0 Å². The van der Waals surface area contributed by atoms with Crippen molar-refractivity contribution in [3.8, 4) is 0 Å². The number of thioether (sulfide) groups is 1. The third kappa shape index (κ3) is 4.30. The maximum atomic E-state index is 12.4. The van der Waals surface area contributed by atoms with Gasteiger partial charge in [-0.1, -0.05) is 36.0 Å². The molecule has 0 amide bonds. The average molecular weight is 521 g/mol. The molecule has 33 heavy (non-hydrogen) atoms. The molecule has 7 nitrogen and oxygen atoms in total. The Bertz CT molecular complexity index is 1580. The SMILES string of the molecule is Cc1ccccc1Cc1c(C)nc2nc(SCc3cc(=O)n4cc(Br)ccc4n3)nn2c1C. The van der Waals surface area contributed by atoms with Crippen molar-refractivity contribution < 1.29 is 0 Å². The number of fused-ring (bicyclic) bond motifs is 2. The van der Waals surface area contributed by atoms with E-state index in [2.05, 4.69) is 69.1 Å². The third-order valence-corrected chi connectivity index (χ3v) is 7.02. The Morgan fingerprint density at radius 3 is 2.67 bits per heavy atom. The largest absolute Gasteiger partial charge is 0.269 e. The van der Waals surface area contributed by atoms with Gasteiger partial charge in [-0.25, -0.2) is 14.5 Å². The zero-order valence-electron chi connectivity index (χ0n) is 18.4. The van der Waals surface area contributed by atoms with Gasteiger partial charge in [0.1, 0.15) is 5.65 Å². The molecule has 0 atom stereocenters. The summed E-state index contributed by atoms with van der Waals surface area (Å²) in [6.07, 6.45) is 2.52. The van der Waals surface area contributed by atoms with Crippen LogP contribution >= 0.6 is 27.7 Å². The first-order valence-corrected chi connectivity index (χ1v) is 12.2. The molecule has 0 spiro atoms. The van der Waals surface area contributed by atoms with E-state index in [4.69, 9.17) is 4.98 Å². The van der Waals surface area contributed by atoms with Gasteiger partial charge in [0.2, 0.25) is 5.16 Å². The standard InChI is InChI=1S/C24H21BrN6OS/c1-14-6-4-5-7-17(14)10-20-15(2)26-23-28-24(29-31(23)16(20)3)33-13-19-11-22(32)30-12-18(25)8-9-21(30)27-19/h4-9,11-12H,10,13H2,1-3H3. The van der Waals surface area contributed by atoms with Gasteiger partial charge in [0.05, 0.1) is 5.69 Å². The predicted molar refractivity (Wildman–Crippen MR) is 133 cm³/mol. The van der Waals surface area contributed by atoms with Gasteiger partial charge < -0.3 is 0 Å². The van der Waals surface area contributed by atoms with Crippen molar-refractivity contribution >= 4 is 39.1 Å². The van der Waals surface area contributed by atoms with Crippen molar-refractivity contribution in [3.05, 3.63) is 97.3 Å². The molecule has 0 fully saturated rings. The van der Waals surface area contributed by atoms with Crippen molar-refractivity contribution in [2.45, 2.75) is 38.1 Å². The topological polar surface area (TPSA) is 77.5 Å². The Kier molecular flexibility index (Phi) is 5.76. The lowest BCUT2D eigenvalue weighted by atomic mass is 9.99. The van der Waals surface area contributed by atoms with E-state index in [9.17, 15) is 4.79 Å². The molecule has 5 aromatic rings. The number of aryl methyl sites for hydroxylation is 3. The second-order valence-corrected chi connectivity index (χ2v) is 9.78. The molecule has 0 saturated carbocycles. The molecule has 0 aliphatic rings. The fourth-order valence-corrected chi connectivity index (χ4v) is 4.89. The molecule has 5 rings (SSSR count). The van der Waals surface area contributed by atoms with Crippen LogP contribution < -0.4 is 5.56 Å². The summed E-state index contributed by atoms with van der Waals surface area (Å²) in [5, 5.41) is 5.29. The molecule has 0 aliphatic heterocycles. The first-order chi connectivity index (χ1) is 15.9. The molecular formula is C24H21BrN6OS. The molecule has 9 heteroatoms. The Morgan fingerprint density at radius 2 is 1.85 bits per heavy atom. The number of rotatable bonds is 5. The zero-order valence-corrected chi connectivity index (χ0v) is 20.8. The average Bonchev–Trinajstić information content (AvgIpc) is 3.20. The molecule has 0 aliphatic carbocycles. The van der Waals surface area contributed by atoms with Crippen molar-refractivity contribution in [3.63, 3.8) is 0 Å². The van der Waals surface area contributed by atoms with Crippen molar-refractivity contribution in [2.24, 2.45) is 0 Å². The van der Waals surface area contributed by atoms with Gasteiger partial charge in [-0.05, 0) is 65.5 Å². The molecule has 166 valence electrons. The summed E-state index contributed by atoms with van der Waals surface area (Å²) in [5.41, 5.74) is 6.88. The number of aromatic nitrogens is 6. The maximum Gasteiger partial charge on any atom is 0.258 e. The highest BCUT2D eigenvalue weighted by atomic mass is 79.9. The fraction of sp³-hybridized carbons (Fsp3) is 0.208. The molecular weight excluding hydrogens is 500 g/mol. The van der Waals surface area contributed by atoms with E-state index < -0.39 is 0 Å². The predicted octanol–water partition coefficient (Wildman–Crippen LogP) is 4.70. The highest BCUT2D eigenvalue weighted by Gasteiger charge is 2.15. The number of hydrogen-bond donors (Lipinski definition) is 0. The van der Waals surface area contributed by atoms with Gasteiger partial charge in [0.25, 0.3) is 11.3 Å². The molecule has 0 N–H and O–H groups in total. The van der Waals surface area contributed by atoms with Gasteiger partial charge >= 0.3 is 0 Å². The normalized spacial score (nSPS) is 11.5. The second-order valence-electron chi connectivity index (χ2n) is 7.92. The van der Waals surface area contributed by atoms with Crippen molar-refractivity contribution in [1.29, 1.82) is 0 Å². The van der Waals surface area contributed by atoms with Crippen LogP contribution in [-0.4, -0.2) is 29.0 Å². The van der Waals surface area contributed by atoms with Crippen molar-refractivity contribution in [1.82, 2.24) is 29.0 Å². The highest BCUT2D eigenvalue weighted by molar-refractivity contribution is 9.10. The van der Waals surface area contributed by atoms with Crippen LogP contribution in [0.25, 0.3) is 11.4 Å². The van der Waals surface area contributed by atoms with Crippen LogP contribution in [0.3, 0.4) is 0 Å². The third-order valence-electron chi connectivity index (χ3n) is 5.68. The lowest BCUT2D eigenvalue weighted by Gasteiger charge is -2.11. The van der Waals surface area contributed by atoms with E-state index >= 15 is 0 Å². The minimum absolute atomic E-state index is 0.117. The lowest BCUT2D eigenvalue weighted by Crippen LogP contribution is -2.15. The second kappa shape index (κ2) is 8.72. The summed E-state index contributed by atoms with van der Waals surface area (Å²) in [6, 6.07) is 13.6. The highest BCUT2D eigenvalue weighted by Crippen LogP contribution is 2.23. The Balaban J connectivity index is 1.42. The first-order valence-electron chi connectivity index (χ1n) is 10.5. The minimum Gasteiger partial charge on any atom is -0.269 e. The monoisotopic (exact) mass is 520 g/mol. The van der Waals surface area contributed by atoms with Crippen LogP contribution in [0.4, 0.5) is 0 Å². The Labute approximate surface area is 203 Å². The van der Waals surface area contributed by atoms with Crippen LogP contribution in [0.15, 0.2) is 63.1 Å². The van der Waals surface area contributed by atoms with E-state index in [-0.39, 0.29) is 5.56 Å². The summed E-state index contributed by atoms with van der Waals surface area (Å²) in [4.78, 5) is 26.3. The van der Waals surface area contributed by atoms with Gasteiger partial charge in [0, 0.05) is 40.3 Å². The van der Waals surface area contributed by atoms with Crippen LogP contribution in [0.2, 0.25) is 0 Å². The minimum atomic E-state index is -0.117. The van der Waals surface area contributed by atoms with Crippen LogP contribution in [0, 0.1) is 20.8 Å². The molecule has 1 aromatic carbocycles. The van der Waals surface area contributed by atoms with Crippen LogP contribution in [0.1, 0.15) is 33.8 Å². The van der Waals surface area contributed by atoms with Gasteiger partial charge in [-0.2, -0.15) is 4.98 Å². The quantitative estimate of drug-likeness (QED) is 0.312. The van der Waals surface area contributed by atoms with Crippen LogP contribution in [-0.2, 0) is 12.2 Å². The van der Waals surface area contributed by atoms with E-state index in [0.29, 0.717) is 28.0 Å². The summed E-state index contributed by atoms with van der Waals surface area (Å²) < 4.78 is 4.16. The summed E-state index contributed by atoms with van der Waals surface area (Å²) in [6.45, 7) is 6.21. The smallest absolute Gasteiger partial charge is 0.258 e. The molecule has 4 heterocycles.